The summed E-state index contributed by atoms with van der Waals surface area (Å²) in [6.45, 7) is 4.11. The molecule has 2 heterocycles. The van der Waals surface area contributed by atoms with Gasteiger partial charge in [0.15, 0.2) is 0 Å². The Morgan fingerprint density at radius 2 is 2.11 bits per heavy atom. The van der Waals surface area contributed by atoms with Crippen molar-refractivity contribution in [3.63, 3.8) is 0 Å². The molecule has 1 saturated heterocycles. The van der Waals surface area contributed by atoms with Crippen LogP contribution in [0.2, 0.25) is 0 Å². The Labute approximate surface area is 115 Å². The van der Waals surface area contributed by atoms with Crippen molar-refractivity contribution >= 4 is 10.0 Å². The highest BCUT2D eigenvalue weighted by Gasteiger charge is 2.29. The standard InChI is InChI=1S/C13H21N3O2S/c1-11-10-16(19(2,17)18)8-5-13(11)15-9-12-3-6-14-7-4-12/h3-4,6-7,11,13,15H,5,8-10H2,1-2H3/t11-,13-/m1/s1. The van der Waals surface area contributed by atoms with E-state index in [4.69, 9.17) is 0 Å². The van der Waals surface area contributed by atoms with Gasteiger partial charge in [0.25, 0.3) is 0 Å². The van der Waals surface area contributed by atoms with Gasteiger partial charge in [-0.3, -0.25) is 4.98 Å². The van der Waals surface area contributed by atoms with E-state index in [1.54, 1.807) is 16.7 Å². The van der Waals surface area contributed by atoms with Gasteiger partial charge in [0.05, 0.1) is 6.26 Å². The second-order valence-electron chi connectivity index (χ2n) is 5.23. The quantitative estimate of drug-likeness (QED) is 0.889. The van der Waals surface area contributed by atoms with Crippen LogP contribution in [0.25, 0.3) is 0 Å². The normalized spacial score (nSPS) is 25.4. The summed E-state index contributed by atoms with van der Waals surface area (Å²) in [7, 11) is -3.05. The first-order valence-corrected chi connectivity index (χ1v) is 8.39. The van der Waals surface area contributed by atoms with Crippen molar-refractivity contribution in [2.75, 3.05) is 19.3 Å². The summed E-state index contributed by atoms with van der Waals surface area (Å²) in [6.07, 6.45) is 5.71. The molecule has 5 nitrogen and oxygen atoms in total. The largest absolute Gasteiger partial charge is 0.310 e. The molecule has 0 aliphatic carbocycles. The molecule has 0 saturated carbocycles. The Bertz CT molecular complexity index is 504. The van der Waals surface area contributed by atoms with E-state index in [1.807, 2.05) is 12.1 Å². The fraction of sp³-hybridized carbons (Fsp3) is 0.615. The first-order chi connectivity index (χ1) is 8.97. The number of nitrogens with one attached hydrogen (secondary N) is 1. The van der Waals surface area contributed by atoms with E-state index in [0.29, 0.717) is 25.0 Å². The summed E-state index contributed by atoms with van der Waals surface area (Å²) in [6, 6.07) is 4.35. The maximum Gasteiger partial charge on any atom is 0.211 e. The van der Waals surface area contributed by atoms with E-state index in [9.17, 15) is 8.42 Å². The summed E-state index contributed by atoms with van der Waals surface area (Å²) in [4.78, 5) is 3.99. The molecular formula is C13H21N3O2S. The van der Waals surface area contributed by atoms with Crippen LogP contribution < -0.4 is 5.32 Å². The third-order valence-electron chi connectivity index (χ3n) is 3.65. The fourth-order valence-corrected chi connectivity index (χ4v) is 3.40. The molecule has 1 N–H and O–H groups in total. The number of hydrogen-bond acceptors (Lipinski definition) is 4. The van der Waals surface area contributed by atoms with Gasteiger partial charge in [-0.25, -0.2) is 12.7 Å². The van der Waals surface area contributed by atoms with Crippen molar-refractivity contribution in [3.8, 4) is 0 Å². The molecule has 0 spiro atoms. The van der Waals surface area contributed by atoms with Crippen LogP contribution in [0, 0.1) is 5.92 Å². The summed E-state index contributed by atoms with van der Waals surface area (Å²) in [5.74, 6) is 0.324. The smallest absolute Gasteiger partial charge is 0.211 e. The third kappa shape index (κ3) is 3.99. The number of piperidine rings is 1. The second-order valence-corrected chi connectivity index (χ2v) is 7.21. The van der Waals surface area contributed by atoms with Crippen LogP contribution in [0.15, 0.2) is 24.5 Å². The molecule has 19 heavy (non-hydrogen) atoms. The Kier molecular flexibility index (Phi) is 4.54. The average molecular weight is 283 g/mol. The molecule has 1 fully saturated rings. The lowest BCUT2D eigenvalue weighted by atomic mass is 9.95. The third-order valence-corrected chi connectivity index (χ3v) is 4.92. The van der Waals surface area contributed by atoms with Gasteiger partial charge in [-0.05, 0) is 30.0 Å². The Morgan fingerprint density at radius 1 is 1.42 bits per heavy atom. The van der Waals surface area contributed by atoms with E-state index >= 15 is 0 Å². The highest BCUT2D eigenvalue weighted by atomic mass is 32.2. The minimum absolute atomic E-state index is 0.324. The minimum Gasteiger partial charge on any atom is -0.310 e. The van der Waals surface area contributed by atoms with Crippen LogP contribution >= 0.6 is 0 Å². The van der Waals surface area contributed by atoms with Crippen LogP contribution in [-0.4, -0.2) is 43.1 Å². The van der Waals surface area contributed by atoms with Crippen molar-refractivity contribution in [1.82, 2.24) is 14.6 Å². The summed E-state index contributed by atoms with van der Waals surface area (Å²) >= 11 is 0. The van der Waals surface area contributed by atoms with Crippen LogP contribution in [0.1, 0.15) is 18.9 Å². The zero-order valence-electron chi connectivity index (χ0n) is 11.4. The zero-order chi connectivity index (χ0) is 13.9. The van der Waals surface area contributed by atoms with Gasteiger partial charge in [0.2, 0.25) is 10.0 Å². The van der Waals surface area contributed by atoms with E-state index in [0.717, 1.165) is 13.0 Å². The van der Waals surface area contributed by atoms with Crippen LogP contribution in [0.4, 0.5) is 0 Å². The number of aromatic nitrogens is 1. The monoisotopic (exact) mass is 283 g/mol. The number of rotatable bonds is 4. The molecule has 106 valence electrons. The van der Waals surface area contributed by atoms with Gasteiger partial charge in [-0.2, -0.15) is 0 Å². The molecule has 0 unspecified atom stereocenters. The van der Waals surface area contributed by atoms with Crippen molar-refractivity contribution < 1.29 is 8.42 Å². The van der Waals surface area contributed by atoms with Gasteiger partial charge in [0.1, 0.15) is 0 Å². The van der Waals surface area contributed by atoms with Crippen LogP contribution in [0.3, 0.4) is 0 Å². The topological polar surface area (TPSA) is 62.3 Å². The van der Waals surface area contributed by atoms with E-state index in [2.05, 4.69) is 17.2 Å². The molecule has 0 amide bonds. The second kappa shape index (κ2) is 5.98. The summed E-state index contributed by atoms with van der Waals surface area (Å²) in [5, 5.41) is 3.51. The lowest BCUT2D eigenvalue weighted by Gasteiger charge is -2.36. The Hall–Kier alpha value is -0.980. The molecule has 1 aliphatic heterocycles. The van der Waals surface area contributed by atoms with E-state index < -0.39 is 10.0 Å². The zero-order valence-corrected chi connectivity index (χ0v) is 12.2. The average Bonchev–Trinajstić information content (AvgIpc) is 2.37. The van der Waals surface area contributed by atoms with Gasteiger partial charge >= 0.3 is 0 Å². The van der Waals surface area contributed by atoms with Crippen LogP contribution in [0.5, 0.6) is 0 Å². The van der Waals surface area contributed by atoms with Crippen molar-refractivity contribution in [1.29, 1.82) is 0 Å². The predicted molar refractivity (Wildman–Crippen MR) is 75.1 cm³/mol. The SMILES string of the molecule is C[C@@H]1CN(S(C)(=O)=O)CC[C@H]1NCc1ccncc1. The molecule has 0 aromatic carbocycles. The molecule has 0 radical (unpaired) electrons. The number of sulfonamides is 1. The summed E-state index contributed by atoms with van der Waals surface area (Å²) < 4.78 is 24.6. The van der Waals surface area contributed by atoms with E-state index in [1.165, 1.54) is 11.8 Å². The number of pyridine rings is 1. The number of nitrogens with zero attached hydrogens (tertiary/aromatic N) is 2. The summed E-state index contributed by atoms with van der Waals surface area (Å²) in [5.41, 5.74) is 1.20. The highest BCUT2D eigenvalue weighted by Crippen LogP contribution is 2.19. The lowest BCUT2D eigenvalue weighted by molar-refractivity contribution is 0.220. The van der Waals surface area contributed by atoms with Gasteiger partial charge < -0.3 is 5.32 Å². The first kappa shape index (κ1) is 14.4. The van der Waals surface area contributed by atoms with Crippen molar-refractivity contribution in [2.45, 2.75) is 25.9 Å². The van der Waals surface area contributed by atoms with Gasteiger partial charge in [0, 0.05) is 38.1 Å². The van der Waals surface area contributed by atoms with Gasteiger partial charge in [-0.1, -0.05) is 6.92 Å². The Morgan fingerprint density at radius 3 is 2.68 bits per heavy atom. The van der Waals surface area contributed by atoms with Crippen molar-refractivity contribution in [3.05, 3.63) is 30.1 Å². The molecule has 2 rings (SSSR count). The fourth-order valence-electron chi connectivity index (χ4n) is 2.46. The molecule has 6 heteroatoms. The maximum atomic E-state index is 11.5. The molecule has 0 bridgehead atoms. The van der Waals surface area contributed by atoms with Crippen LogP contribution in [-0.2, 0) is 16.6 Å². The van der Waals surface area contributed by atoms with Gasteiger partial charge in [-0.15, -0.1) is 0 Å². The molecular weight excluding hydrogens is 262 g/mol. The van der Waals surface area contributed by atoms with E-state index in [-0.39, 0.29) is 0 Å². The predicted octanol–water partition coefficient (Wildman–Crippen LogP) is 0.841. The highest BCUT2D eigenvalue weighted by molar-refractivity contribution is 7.88. The molecule has 1 aromatic heterocycles. The van der Waals surface area contributed by atoms with Crippen molar-refractivity contribution in [2.24, 2.45) is 5.92 Å². The number of hydrogen-bond donors (Lipinski definition) is 1. The molecule has 1 aliphatic rings. The lowest BCUT2D eigenvalue weighted by Crippen LogP contribution is -2.49. The maximum absolute atomic E-state index is 11.5. The molecule has 1 aromatic rings. The first-order valence-electron chi connectivity index (χ1n) is 6.54. The minimum atomic E-state index is -3.05. The molecule has 2 atom stereocenters. The Balaban J connectivity index is 1.87.